The van der Waals surface area contributed by atoms with Crippen LogP contribution in [0.3, 0.4) is 0 Å². The normalized spacial score (nSPS) is 10.7. The third-order valence-electron chi connectivity index (χ3n) is 3.43. The molecule has 0 aliphatic carbocycles. The maximum atomic E-state index is 13.2. The summed E-state index contributed by atoms with van der Waals surface area (Å²) in [7, 11) is 0. The Hall–Kier alpha value is -3.29. The van der Waals surface area contributed by atoms with Gasteiger partial charge in [0.25, 0.3) is 5.56 Å². The number of carbonyl (C=O) groups is 1. The predicted octanol–water partition coefficient (Wildman–Crippen LogP) is 1.11. The van der Waals surface area contributed by atoms with E-state index < -0.39 is 5.82 Å². The first kappa shape index (κ1) is 15.6. The van der Waals surface area contributed by atoms with Gasteiger partial charge in [0.15, 0.2) is 0 Å². The van der Waals surface area contributed by atoms with Gasteiger partial charge in [0.05, 0.1) is 24.8 Å². The van der Waals surface area contributed by atoms with Crippen LogP contribution in [0, 0.1) is 5.82 Å². The van der Waals surface area contributed by atoms with Crippen LogP contribution in [-0.2, 0) is 17.9 Å². The Morgan fingerprint density at radius 1 is 1.42 bits per heavy atom. The van der Waals surface area contributed by atoms with Crippen LogP contribution in [0.1, 0.15) is 11.3 Å². The van der Waals surface area contributed by atoms with Gasteiger partial charge in [-0.1, -0.05) is 11.8 Å². The molecule has 0 radical (unpaired) electrons. The fraction of sp³-hybridized carbons (Fsp3) is 0.125. The van der Waals surface area contributed by atoms with Crippen molar-refractivity contribution in [3.8, 4) is 0 Å². The highest BCUT2D eigenvalue weighted by atomic mass is 19.1. The fourth-order valence-corrected chi connectivity index (χ4v) is 2.26. The third-order valence-corrected chi connectivity index (χ3v) is 3.43. The van der Waals surface area contributed by atoms with Gasteiger partial charge in [-0.2, -0.15) is 0 Å². The number of pyridine rings is 1. The van der Waals surface area contributed by atoms with Crippen LogP contribution >= 0.6 is 0 Å². The van der Waals surface area contributed by atoms with E-state index in [1.54, 1.807) is 18.3 Å². The van der Waals surface area contributed by atoms with Crippen LogP contribution in [0.15, 0.2) is 47.9 Å². The Morgan fingerprint density at radius 3 is 3.04 bits per heavy atom. The van der Waals surface area contributed by atoms with Gasteiger partial charge in [-0.15, -0.1) is 5.10 Å². The van der Waals surface area contributed by atoms with Crippen LogP contribution in [0.2, 0.25) is 0 Å². The number of fused-ring (bicyclic) bond motifs is 1. The summed E-state index contributed by atoms with van der Waals surface area (Å²) in [5.41, 5.74) is 1.16. The number of rotatable bonds is 5. The highest BCUT2D eigenvalue weighted by Gasteiger charge is 2.07. The van der Waals surface area contributed by atoms with E-state index in [0.29, 0.717) is 16.8 Å². The largest absolute Gasteiger partial charge is 0.347 e. The average Bonchev–Trinajstić information content (AvgIpc) is 3.01. The second kappa shape index (κ2) is 6.45. The molecule has 122 valence electrons. The van der Waals surface area contributed by atoms with Gasteiger partial charge in [-0.05, 0) is 35.7 Å². The van der Waals surface area contributed by atoms with Crippen molar-refractivity contribution in [3.63, 3.8) is 0 Å². The minimum Gasteiger partial charge on any atom is -0.347 e. The van der Waals surface area contributed by atoms with Gasteiger partial charge in [0.1, 0.15) is 11.5 Å². The van der Waals surface area contributed by atoms with Crippen LogP contribution in [0.5, 0.6) is 0 Å². The summed E-state index contributed by atoms with van der Waals surface area (Å²) in [4.78, 5) is 25.9. The van der Waals surface area contributed by atoms with Crippen molar-refractivity contribution in [2.75, 3.05) is 0 Å². The van der Waals surface area contributed by atoms with E-state index in [1.165, 1.54) is 22.9 Å². The maximum absolute atomic E-state index is 13.2. The number of amides is 1. The summed E-state index contributed by atoms with van der Waals surface area (Å²) in [6.07, 6.45) is 2.81. The lowest BCUT2D eigenvalue weighted by Gasteiger charge is -2.03. The van der Waals surface area contributed by atoms with E-state index in [-0.39, 0.29) is 24.6 Å². The number of hydrogen-bond donors (Lipinski definition) is 2. The Bertz CT molecular complexity index is 976. The van der Waals surface area contributed by atoms with Gasteiger partial charge in [0, 0.05) is 5.56 Å². The average molecular weight is 327 g/mol. The molecule has 0 saturated heterocycles. The van der Waals surface area contributed by atoms with Gasteiger partial charge in [-0.3, -0.25) is 9.59 Å². The van der Waals surface area contributed by atoms with E-state index >= 15 is 0 Å². The molecule has 3 rings (SSSR count). The van der Waals surface area contributed by atoms with Crippen molar-refractivity contribution in [1.29, 1.82) is 0 Å². The first-order valence-corrected chi connectivity index (χ1v) is 7.16. The number of H-pyrrole nitrogens is 1. The molecule has 7 nitrogen and oxygen atoms in total. The lowest BCUT2D eigenvalue weighted by Crippen LogP contribution is -2.20. The highest BCUT2D eigenvalue weighted by Crippen LogP contribution is 2.13. The van der Waals surface area contributed by atoms with Crippen LogP contribution in [0.4, 0.5) is 4.39 Å². The smallest absolute Gasteiger partial charge is 0.253 e. The fourth-order valence-electron chi connectivity index (χ4n) is 2.26. The standard InChI is InChI=1S/C16H14FN5O2/c1-2-15(23)18-7-13-9-22(21-20-13)8-11-5-10-3-4-12(17)6-14(10)19-16(11)24/h2-6,9H,1,7-8H2,(H,18,23)(H,19,24). The Kier molecular flexibility index (Phi) is 4.19. The Morgan fingerprint density at radius 2 is 2.25 bits per heavy atom. The molecule has 0 fully saturated rings. The van der Waals surface area contributed by atoms with E-state index in [1.807, 2.05) is 0 Å². The van der Waals surface area contributed by atoms with Crippen LogP contribution < -0.4 is 10.9 Å². The Balaban J connectivity index is 1.80. The first-order valence-electron chi connectivity index (χ1n) is 7.16. The molecule has 8 heteroatoms. The number of nitrogens with one attached hydrogen (secondary N) is 2. The van der Waals surface area contributed by atoms with E-state index in [2.05, 4.69) is 27.2 Å². The zero-order chi connectivity index (χ0) is 17.1. The third kappa shape index (κ3) is 3.37. The molecule has 3 aromatic rings. The molecule has 2 heterocycles. The number of halogens is 1. The quantitative estimate of drug-likeness (QED) is 0.687. The summed E-state index contributed by atoms with van der Waals surface area (Å²) < 4.78 is 14.7. The molecular weight excluding hydrogens is 313 g/mol. The summed E-state index contributed by atoms with van der Waals surface area (Å²) in [5.74, 6) is -0.712. The van der Waals surface area contributed by atoms with E-state index in [9.17, 15) is 14.0 Å². The number of nitrogens with zero attached hydrogens (tertiary/aromatic N) is 3. The number of aromatic amines is 1. The monoisotopic (exact) mass is 327 g/mol. The lowest BCUT2D eigenvalue weighted by atomic mass is 10.1. The maximum Gasteiger partial charge on any atom is 0.253 e. The molecule has 0 bridgehead atoms. The SMILES string of the molecule is C=CC(=O)NCc1cn(Cc2cc3ccc(F)cc3[nH]c2=O)nn1. The number of aromatic nitrogens is 4. The van der Waals surface area contributed by atoms with Crippen LogP contribution in [0.25, 0.3) is 10.9 Å². The summed E-state index contributed by atoms with van der Waals surface area (Å²) in [6, 6.07) is 5.90. The van der Waals surface area contributed by atoms with Crippen molar-refractivity contribution >= 4 is 16.8 Å². The lowest BCUT2D eigenvalue weighted by molar-refractivity contribution is -0.116. The van der Waals surface area contributed by atoms with Crippen LogP contribution in [-0.4, -0.2) is 25.9 Å². The second-order valence-electron chi connectivity index (χ2n) is 5.18. The topological polar surface area (TPSA) is 92.7 Å². The number of carbonyl (C=O) groups excluding carboxylic acids is 1. The van der Waals surface area contributed by atoms with E-state index in [0.717, 1.165) is 5.39 Å². The van der Waals surface area contributed by atoms with Gasteiger partial charge < -0.3 is 10.3 Å². The number of hydrogen-bond acceptors (Lipinski definition) is 4. The van der Waals surface area contributed by atoms with Crippen molar-refractivity contribution < 1.29 is 9.18 Å². The summed E-state index contributed by atoms with van der Waals surface area (Å²) in [5, 5.41) is 11.2. The van der Waals surface area contributed by atoms with E-state index in [4.69, 9.17) is 0 Å². The van der Waals surface area contributed by atoms with Crippen molar-refractivity contribution in [2.45, 2.75) is 13.1 Å². The molecule has 0 unspecified atom stereocenters. The van der Waals surface area contributed by atoms with Gasteiger partial charge >= 0.3 is 0 Å². The predicted molar refractivity (Wildman–Crippen MR) is 85.7 cm³/mol. The Labute approximate surface area is 135 Å². The van der Waals surface area contributed by atoms with Crippen molar-refractivity contribution in [3.05, 3.63) is 70.5 Å². The minimum absolute atomic E-state index is 0.213. The zero-order valence-electron chi connectivity index (χ0n) is 12.6. The summed E-state index contributed by atoms with van der Waals surface area (Å²) >= 11 is 0. The molecule has 0 atom stereocenters. The van der Waals surface area contributed by atoms with Crippen molar-refractivity contribution in [2.24, 2.45) is 0 Å². The molecule has 0 saturated carbocycles. The highest BCUT2D eigenvalue weighted by molar-refractivity contribution is 5.86. The molecular formula is C16H14FN5O2. The molecule has 2 aromatic heterocycles. The molecule has 1 amide bonds. The van der Waals surface area contributed by atoms with Gasteiger partial charge in [-0.25, -0.2) is 9.07 Å². The molecule has 0 aliphatic heterocycles. The molecule has 0 aliphatic rings. The molecule has 0 spiro atoms. The van der Waals surface area contributed by atoms with Gasteiger partial charge in [0.2, 0.25) is 5.91 Å². The molecule has 2 N–H and O–H groups in total. The van der Waals surface area contributed by atoms with Crippen molar-refractivity contribution in [1.82, 2.24) is 25.3 Å². The number of benzene rings is 1. The second-order valence-corrected chi connectivity index (χ2v) is 5.18. The summed E-state index contributed by atoms with van der Waals surface area (Å²) in [6.45, 7) is 3.79. The minimum atomic E-state index is -0.409. The molecule has 24 heavy (non-hydrogen) atoms. The molecule has 1 aromatic carbocycles. The first-order chi connectivity index (χ1) is 11.5. The zero-order valence-corrected chi connectivity index (χ0v) is 12.6.